The van der Waals surface area contributed by atoms with Gasteiger partial charge in [0.1, 0.15) is 0 Å². The van der Waals surface area contributed by atoms with E-state index in [1.54, 1.807) is 12.1 Å². The van der Waals surface area contributed by atoms with Gasteiger partial charge in [-0.25, -0.2) is 0 Å². The Morgan fingerprint density at radius 1 is 0.952 bits per heavy atom. The van der Waals surface area contributed by atoms with Crippen LogP contribution in [0.5, 0.6) is 0 Å². The Bertz CT molecular complexity index is 575. The van der Waals surface area contributed by atoms with Gasteiger partial charge in [-0.2, -0.15) is 8.42 Å². The molecule has 116 valence electrons. The number of hydrogen-bond donors (Lipinski definition) is 0. The Balaban J connectivity index is 1.76. The highest BCUT2D eigenvalue weighted by Crippen LogP contribution is 2.42. The standard InChI is InChI=1S/C17H24O3S/c1-13-9-11-15(12-10-13)21(18,19)20-17-8-4-6-14-5-2-3-7-16(14)17/h9-12,14,16-17H,2-8H2,1H3/t14-,16+,17-/m1/s1. The van der Waals surface area contributed by atoms with Crippen LogP contribution in [0.15, 0.2) is 29.2 Å². The van der Waals surface area contributed by atoms with E-state index in [4.69, 9.17) is 4.18 Å². The third-order valence-corrected chi connectivity index (χ3v) is 6.42. The van der Waals surface area contributed by atoms with E-state index in [0.717, 1.165) is 24.8 Å². The summed E-state index contributed by atoms with van der Waals surface area (Å²) in [4.78, 5) is 0.283. The molecule has 0 aromatic heterocycles. The first-order chi connectivity index (χ1) is 10.1. The van der Waals surface area contributed by atoms with E-state index >= 15 is 0 Å². The van der Waals surface area contributed by atoms with Crippen molar-refractivity contribution < 1.29 is 12.6 Å². The van der Waals surface area contributed by atoms with Crippen LogP contribution in [0.1, 0.15) is 50.5 Å². The second kappa shape index (κ2) is 6.09. The van der Waals surface area contributed by atoms with Crippen molar-refractivity contribution in [1.29, 1.82) is 0 Å². The smallest absolute Gasteiger partial charge is 0.263 e. The first-order valence-corrected chi connectivity index (χ1v) is 9.47. The highest BCUT2D eigenvalue weighted by Gasteiger charge is 2.38. The molecule has 1 aromatic rings. The predicted molar refractivity (Wildman–Crippen MR) is 82.5 cm³/mol. The Labute approximate surface area is 127 Å². The minimum atomic E-state index is -3.63. The summed E-state index contributed by atoms with van der Waals surface area (Å²) in [6, 6.07) is 6.93. The third kappa shape index (κ3) is 3.32. The molecule has 2 aliphatic carbocycles. The number of aryl methyl sites for hydroxylation is 1. The Hall–Kier alpha value is -0.870. The van der Waals surface area contributed by atoms with Crippen molar-refractivity contribution >= 4 is 10.1 Å². The van der Waals surface area contributed by atoms with Gasteiger partial charge in [0.2, 0.25) is 0 Å². The molecule has 0 bridgehead atoms. The molecular weight excluding hydrogens is 284 g/mol. The van der Waals surface area contributed by atoms with Crippen LogP contribution in [0.3, 0.4) is 0 Å². The average Bonchev–Trinajstić information content (AvgIpc) is 2.48. The molecule has 4 heteroatoms. The molecule has 21 heavy (non-hydrogen) atoms. The minimum Gasteiger partial charge on any atom is -0.263 e. The lowest BCUT2D eigenvalue weighted by atomic mass is 9.69. The number of rotatable bonds is 3. The van der Waals surface area contributed by atoms with E-state index in [-0.39, 0.29) is 11.0 Å². The molecule has 1 aromatic carbocycles. The van der Waals surface area contributed by atoms with Gasteiger partial charge in [0.05, 0.1) is 11.0 Å². The van der Waals surface area contributed by atoms with Gasteiger partial charge in [-0.15, -0.1) is 0 Å². The number of benzene rings is 1. The Kier molecular flexibility index (Phi) is 4.36. The summed E-state index contributed by atoms with van der Waals surface area (Å²) in [6.45, 7) is 1.95. The van der Waals surface area contributed by atoms with Crippen LogP contribution < -0.4 is 0 Å². The summed E-state index contributed by atoms with van der Waals surface area (Å²) in [6.07, 6.45) is 7.98. The lowest BCUT2D eigenvalue weighted by molar-refractivity contribution is 0.0320. The van der Waals surface area contributed by atoms with Crippen molar-refractivity contribution in [1.82, 2.24) is 0 Å². The van der Waals surface area contributed by atoms with E-state index in [1.807, 2.05) is 19.1 Å². The zero-order valence-corrected chi connectivity index (χ0v) is 13.4. The maximum Gasteiger partial charge on any atom is 0.297 e. The van der Waals surface area contributed by atoms with Crippen LogP contribution in [0.2, 0.25) is 0 Å². The second-order valence-electron chi connectivity index (χ2n) is 6.54. The summed E-state index contributed by atoms with van der Waals surface area (Å²) in [5.41, 5.74) is 1.05. The van der Waals surface area contributed by atoms with Crippen molar-refractivity contribution in [2.45, 2.75) is 62.9 Å². The fraction of sp³-hybridized carbons (Fsp3) is 0.647. The lowest BCUT2D eigenvalue weighted by Crippen LogP contribution is -2.37. The maximum atomic E-state index is 12.5. The monoisotopic (exact) mass is 308 g/mol. The molecule has 3 rings (SSSR count). The highest BCUT2D eigenvalue weighted by molar-refractivity contribution is 7.86. The van der Waals surface area contributed by atoms with E-state index in [1.165, 1.54) is 25.7 Å². The molecule has 0 heterocycles. The normalized spacial score (nSPS) is 29.9. The molecular formula is C17H24O3S. The second-order valence-corrected chi connectivity index (χ2v) is 8.11. The predicted octanol–water partition coefficient (Wildman–Crippen LogP) is 4.06. The molecule has 0 N–H and O–H groups in total. The van der Waals surface area contributed by atoms with E-state index < -0.39 is 10.1 Å². The quantitative estimate of drug-likeness (QED) is 0.791. The molecule has 0 aliphatic heterocycles. The molecule has 0 amide bonds. The number of hydrogen-bond acceptors (Lipinski definition) is 3. The molecule has 3 atom stereocenters. The molecule has 0 saturated heterocycles. The zero-order valence-electron chi connectivity index (χ0n) is 12.6. The summed E-state index contributed by atoms with van der Waals surface area (Å²) in [5, 5.41) is 0. The van der Waals surface area contributed by atoms with E-state index in [2.05, 4.69) is 0 Å². The highest BCUT2D eigenvalue weighted by atomic mass is 32.2. The van der Waals surface area contributed by atoms with Crippen molar-refractivity contribution in [3.05, 3.63) is 29.8 Å². The van der Waals surface area contributed by atoms with Crippen molar-refractivity contribution in [3.8, 4) is 0 Å². The minimum absolute atomic E-state index is 0.115. The van der Waals surface area contributed by atoms with Gasteiger partial charge in [-0.1, -0.05) is 43.4 Å². The van der Waals surface area contributed by atoms with Crippen molar-refractivity contribution in [3.63, 3.8) is 0 Å². The van der Waals surface area contributed by atoms with Crippen molar-refractivity contribution in [2.75, 3.05) is 0 Å². The fourth-order valence-electron chi connectivity index (χ4n) is 3.92. The SMILES string of the molecule is Cc1ccc(S(=O)(=O)O[C@@H]2CCC[C@H]3CCCC[C@@H]32)cc1. The zero-order chi connectivity index (χ0) is 14.9. The first kappa shape index (κ1) is 15.0. The Morgan fingerprint density at radius 2 is 1.62 bits per heavy atom. The van der Waals surface area contributed by atoms with Crippen LogP contribution in [0.4, 0.5) is 0 Å². The van der Waals surface area contributed by atoms with Crippen LogP contribution >= 0.6 is 0 Å². The molecule has 0 unspecified atom stereocenters. The van der Waals surface area contributed by atoms with Gasteiger partial charge >= 0.3 is 0 Å². The molecule has 0 radical (unpaired) electrons. The largest absolute Gasteiger partial charge is 0.297 e. The van der Waals surface area contributed by atoms with Gasteiger partial charge in [-0.3, -0.25) is 4.18 Å². The summed E-state index contributed by atoms with van der Waals surface area (Å²) >= 11 is 0. The number of fused-ring (bicyclic) bond motifs is 1. The molecule has 3 nitrogen and oxygen atoms in total. The van der Waals surface area contributed by atoms with Gasteiger partial charge < -0.3 is 0 Å². The maximum absolute atomic E-state index is 12.5. The Morgan fingerprint density at radius 3 is 2.38 bits per heavy atom. The molecule has 2 aliphatic rings. The first-order valence-electron chi connectivity index (χ1n) is 8.06. The van der Waals surface area contributed by atoms with Gasteiger partial charge in [-0.05, 0) is 50.2 Å². The van der Waals surface area contributed by atoms with E-state index in [0.29, 0.717) is 11.8 Å². The summed E-state index contributed by atoms with van der Waals surface area (Å²) in [5.74, 6) is 1.11. The average molecular weight is 308 g/mol. The molecule has 0 spiro atoms. The van der Waals surface area contributed by atoms with Crippen molar-refractivity contribution in [2.24, 2.45) is 11.8 Å². The van der Waals surface area contributed by atoms with Gasteiger partial charge in [0.15, 0.2) is 0 Å². The van der Waals surface area contributed by atoms with Crippen LogP contribution in [-0.4, -0.2) is 14.5 Å². The topological polar surface area (TPSA) is 43.4 Å². The fourth-order valence-corrected chi connectivity index (χ4v) is 5.07. The summed E-state index contributed by atoms with van der Waals surface area (Å²) in [7, 11) is -3.63. The third-order valence-electron chi connectivity index (χ3n) is 5.07. The van der Waals surface area contributed by atoms with Crippen LogP contribution in [0.25, 0.3) is 0 Å². The van der Waals surface area contributed by atoms with Gasteiger partial charge in [0.25, 0.3) is 10.1 Å². The lowest BCUT2D eigenvalue weighted by Gasteiger charge is -2.40. The van der Waals surface area contributed by atoms with Crippen LogP contribution in [0, 0.1) is 18.8 Å². The van der Waals surface area contributed by atoms with Gasteiger partial charge in [0, 0.05) is 0 Å². The van der Waals surface area contributed by atoms with E-state index in [9.17, 15) is 8.42 Å². The molecule has 2 saturated carbocycles. The summed E-state index contributed by atoms with van der Waals surface area (Å²) < 4.78 is 30.6. The molecule has 2 fully saturated rings. The van der Waals surface area contributed by atoms with Crippen LogP contribution in [-0.2, 0) is 14.3 Å².